The number of phenolic OH excluding ortho intramolecular Hbond substituents is 1. The maximum atomic E-state index is 10.1. The number of rotatable bonds is 4. The standard InChI is InChI=1S/C18H12ClNO2S/c19-17-4-2-1-3-14(17)15-7-13(8-18(21)16(15)9-20)22-10-12-5-6-23-11-12/h1-8,11,21H,10H2. The summed E-state index contributed by atoms with van der Waals surface area (Å²) in [7, 11) is 0. The first-order valence-corrected chi connectivity index (χ1v) is 8.17. The van der Waals surface area contributed by atoms with Crippen LogP contribution in [0.15, 0.2) is 53.2 Å². The topological polar surface area (TPSA) is 53.2 Å². The summed E-state index contributed by atoms with van der Waals surface area (Å²) in [5, 5.41) is 24.0. The van der Waals surface area contributed by atoms with Crippen LogP contribution in [0.5, 0.6) is 11.5 Å². The van der Waals surface area contributed by atoms with Crippen molar-refractivity contribution in [2.24, 2.45) is 0 Å². The van der Waals surface area contributed by atoms with E-state index in [-0.39, 0.29) is 11.3 Å². The first-order valence-electron chi connectivity index (χ1n) is 6.85. The second-order valence-electron chi connectivity index (χ2n) is 4.88. The third kappa shape index (κ3) is 3.31. The molecule has 0 saturated carbocycles. The Kier molecular flexibility index (Phi) is 4.52. The van der Waals surface area contributed by atoms with Crippen LogP contribution < -0.4 is 4.74 Å². The van der Waals surface area contributed by atoms with Crippen LogP contribution in [0.2, 0.25) is 5.02 Å². The summed E-state index contributed by atoms with van der Waals surface area (Å²) >= 11 is 7.82. The molecule has 0 unspecified atom stereocenters. The van der Waals surface area contributed by atoms with Crippen molar-refractivity contribution in [1.82, 2.24) is 0 Å². The van der Waals surface area contributed by atoms with Crippen LogP contribution in [0, 0.1) is 11.3 Å². The molecule has 2 aromatic carbocycles. The van der Waals surface area contributed by atoms with E-state index in [1.54, 1.807) is 29.5 Å². The molecule has 0 atom stereocenters. The van der Waals surface area contributed by atoms with Gasteiger partial charge in [-0.2, -0.15) is 16.6 Å². The smallest absolute Gasteiger partial charge is 0.137 e. The highest BCUT2D eigenvalue weighted by molar-refractivity contribution is 7.07. The maximum Gasteiger partial charge on any atom is 0.137 e. The fraction of sp³-hybridized carbons (Fsp3) is 0.0556. The number of thiophene rings is 1. The number of ether oxygens (including phenoxy) is 1. The van der Waals surface area contributed by atoms with E-state index >= 15 is 0 Å². The molecule has 3 nitrogen and oxygen atoms in total. The second kappa shape index (κ2) is 6.74. The third-order valence-electron chi connectivity index (χ3n) is 3.35. The van der Waals surface area contributed by atoms with E-state index in [4.69, 9.17) is 16.3 Å². The number of hydrogen-bond acceptors (Lipinski definition) is 4. The van der Waals surface area contributed by atoms with E-state index in [1.807, 2.05) is 35.0 Å². The van der Waals surface area contributed by atoms with Crippen LogP contribution in [-0.2, 0) is 6.61 Å². The molecule has 0 aliphatic rings. The fourth-order valence-electron chi connectivity index (χ4n) is 2.24. The van der Waals surface area contributed by atoms with E-state index in [1.165, 1.54) is 6.07 Å². The summed E-state index contributed by atoms with van der Waals surface area (Å²) in [6, 6.07) is 14.4. The van der Waals surface area contributed by atoms with E-state index in [9.17, 15) is 10.4 Å². The molecule has 3 aromatic rings. The number of phenols is 1. The molecule has 0 aliphatic heterocycles. The molecular formula is C18H12ClNO2S. The lowest BCUT2D eigenvalue weighted by molar-refractivity contribution is 0.305. The largest absolute Gasteiger partial charge is 0.506 e. The van der Waals surface area contributed by atoms with Crippen molar-refractivity contribution in [3.63, 3.8) is 0 Å². The van der Waals surface area contributed by atoms with Crippen molar-refractivity contribution in [2.45, 2.75) is 6.61 Å². The van der Waals surface area contributed by atoms with Crippen molar-refractivity contribution in [3.05, 3.63) is 69.4 Å². The van der Waals surface area contributed by atoms with Crippen LogP contribution in [0.1, 0.15) is 11.1 Å². The first kappa shape index (κ1) is 15.4. The molecular weight excluding hydrogens is 330 g/mol. The van der Waals surface area contributed by atoms with Crippen molar-refractivity contribution in [3.8, 4) is 28.7 Å². The maximum absolute atomic E-state index is 10.1. The van der Waals surface area contributed by atoms with Gasteiger partial charge >= 0.3 is 0 Å². The van der Waals surface area contributed by atoms with E-state index in [0.717, 1.165) is 5.56 Å². The summed E-state index contributed by atoms with van der Waals surface area (Å²) in [5.74, 6) is 0.368. The lowest BCUT2D eigenvalue weighted by Gasteiger charge is -2.12. The number of hydrogen-bond donors (Lipinski definition) is 1. The minimum Gasteiger partial charge on any atom is -0.506 e. The Labute approximate surface area is 143 Å². The van der Waals surface area contributed by atoms with E-state index in [2.05, 4.69) is 0 Å². The highest BCUT2D eigenvalue weighted by Gasteiger charge is 2.15. The minimum absolute atomic E-state index is 0.120. The SMILES string of the molecule is N#Cc1c(O)cc(OCc2ccsc2)cc1-c1ccccc1Cl. The Morgan fingerprint density at radius 2 is 2.00 bits per heavy atom. The molecule has 0 spiro atoms. The van der Waals surface area contributed by atoms with Crippen LogP contribution in [0.3, 0.4) is 0 Å². The van der Waals surface area contributed by atoms with Crippen LogP contribution in [0.25, 0.3) is 11.1 Å². The Hall–Kier alpha value is -2.48. The second-order valence-corrected chi connectivity index (χ2v) is 6.06. The predicted octanol–water partition coefficient (Wildman–Crippen LogP) is 5.22. The van der Waals surface area contributed by atoms with E-state index < -0.39 is 0 Å². The van der Waals surface area contributed by atoms with Gasteiger partial charge in [-0.05, 0) is 34.5 Å². The van der Waals surface area contributed by atoms with E-state index in [0.29, 0.717) is 28.5 Å². The molecule has 0 saturated heterocycles. The van der Waals surface area contributed by atoms with Crippen molar-refractivity contribution in [1.29, 1.82) is 5.26 Å². The predicted molar refractivity (Wildman–Crippen MR) is 91.9 cm³/mol. The van der Waals surface area contributed by atoms with Gasteiger partial charge in [0.15, 0.2) is 0 Å². The molecule has 0 amide bonds. The van der Waals surface area contributed by atoms with Crippen LogP contribution in [-0.4, -0.2) is 5.11 Å². The van der Waals surface area contributed by atoms with Gasteiger partial charge in [0.1, 0.15) is 29.7 Å². The van der Waals surface area contributed by atoms with Gasteiger partial charge in [-0.25, -0.2) is 0 Å². The third-order valence-corrected chi connectivity index (χ3v) is 4.41. The molecule has 5 heteroatoms. The number of aromatic hydroxyl groups is 1. The zero-order chi connectivity index (χ0) is 16.2. The number of halogens is 1. The monoisotopic (exact) mass is 341 g/mol. The van der Waals surface area contributed by atoms with Gasteiger partial charge in [-0.3, -0.25) is 0 Å². The Morgan fingerprint density at radius 1 is 1.17 bits per heavy atom. The molecule has 0 radical (unpaired) electrons. The first-order chi connectivity index (χ1) is 11.2. The summed E-state index contributed by atoms with van der Waals surface area (Å²) in [4.78, 5) is 0. The zero-order valence-corrected chi connectivity index (χ0v) is 13.6. The van der Waals surface area contributed by atoms with Crippen molar-refractivity contribution >= 4 is 22.9 Å². The highest BCUT2D eigenvalue weighted by atomic mass is 35.5. The Morgan fingerprint density at radius 3 is 2.70 bits per heavy atom. The lowest BCUT2D eigenvalue weighted by Crippen LogP contribution is -1.95. The number of nitriles is 1. The normalized spacial score (nSPS) is 10.3. The number of benzene rings is 2. The summed E-state index contributed by atoms with van der Waals surface area (Å²) in [6.07, 6.45) is 0. The molecule has 0 fully saturated rings. The molecule has 1 heterocycles. The molecule has 1 N–H and O–H groups in total. The quantitative estimate of drug-likeness (QED) is 0.707. The van der Waals surface area contributed by atoms with Crippen molar-refractivity contribution < 1.29 is 9.84 Å². The average molecular weight is 342 g/mol. The molecule has 0 bridgehead atoms. The van der Waals surface area contributed by atoms with Gasteiger partial charge in [-0.1, -0.05) is 29.8 Å². The average Bonchev–Trinajstić information content (AvgIpc) is 3.06. The van der Waals surface area contributed by atoms with Crippen molar-refractivity contribution in [2.75, 3.05) is 0 Å². The molecule has 0 aliphatic carbocycles. The molecule has 1 aromatic heterocycles. The van der Waals surface area contributed by atoms with Crippen LogP contribution in [0.4, 0.5) is 0 Å². The Bertz CT molecular complexity index is 869. The molecule has 3 rings (SSSR count). The van der Waals surface area contributed by atoms with Gasteiger partial charge in [-0.15, -0.1) is 0 Å². The summed E-state index contributed by atoms with van der Waals surface area (Å²) < 4.78 is 5.73. The summed E-state index contributed by atoms with van der Waals surface area (Å²) in [5.41, 5.74) is 2.47. The zero-order valence-electron chi connectivity index (χ0n) is 12.0. The highest BCUT2D eigenvalue weighted by Crippen LogP contribution is 2.37. The lowest BCUT2D eigenvalue weighted by atomic mass is 9.99. The van der Waals surface area contributed by atoms with Gasteiger partial charge in [0.25, 0.3) is 0 Å². The van der Waals surface area contributed by atoms with Gasteiger partial charge in [0.05, 0.1) is 0 Å². The van der Waals surface area contributed by atoms with Gasteiger partial charge in [0, 0.05) is 22.2 Å². The fourth-order valence-corrected chi connectivity index (χ4v) is 3.13. The Balaban J connectivity index is 2.01. The van der Waals surface area contributed by atoms with Gasteiger partial charge < -0.3 is 9.84 Å². The van der Waals surface area contributed by atoms with Crippen LogP contribution >= 0.6 is 22.9 Å². The molecule has 114 valence electrons. The van der Waals surface area contributed by atoms with Gasteiger partial charge in [0.2, 0.25) is 0 Å². The summed E-state index contributed by atoms with van der Waals surface area (Å²) in [6.45, 7) is 0.400. The molecule has 23 heavy (non-hydrogen) atoms. The minimum atomic E-state index is -0.120. The number of nitrogens with zero attached hydrogens (tertiary/aromatic N) is 1.